The molecule has 0 saturated carbocycles. The lowest BCUT2D eigenvalue weighted by Gasteiger charge is -2.38. The van der Waals surface area contributed by atoms with Crippen molar-refractivity contribution in [2.24, 2.45) is 5.73 Å². The first-order valence-electron chi connectivity index (χ1n) is 3.64. The number of aliphatic hydroxyl groups is 4. The van der Waals surface area contributed by atoms with E-state index in [0.717, 1.165) is 0 Å². The highest BCUT2D eigenvalue weighted by Crippen LogP contribution is 2.17. The third-order valence-electron chi connectivity index (χ3n) is 1.95. The molecule has 6 N–H and O–H groups in total. The lowest BCUT2D eigenvalue weighted by Crippen LogP contribution is -2.61. The smallest absolute Gasteiger partial charge is 0.173 e. The van der Waals surface area contributed by atoms with E-state index in [0.29, 0.717) is 0 Å². The SMILES string of the molecule is N[C@@H]1[C@@H](O)[C@H](O)[C@H](CO)O[C@@H]1O. The Morgan fingerprint density at radius 2 is 1.75 bits per heavy atom. The molecule has 0 bridgehead atoms. The zero-order valence-electron chi connectivity index (χ0n) is 6.37. The minimum atomic E-state index is -1.35. The molecule has 5 atom stereocenters. The summed E-state index contributed by atoms with van der Waals surface area (Å²) in [6.07, 6.45) is -4.85. The van der Waals surface area contributed by atoms with Crippen LogP contribution in [-0.2, 0) is 4.74 Å². The van der Waals surface area contributed by atoms with Gasteiger partial charge in [0.05, 0.1) is 12.6 Å². The summed E-state index contributed by atoms with van der Waals surface area (Å²) < 4.78 is 4.70. The van der Waals surface area contributed by atoms with Crippen LogP contribution < -0.4 is 5.73 Å². The predicted molar refractivity (Wildman–Crippen MR) is 38.0 cm³/mol. The van der Waals surface area contributed by atoms with Crippen molar-refractivity contribution in [3.05, 3.63) is 0 Å². The van der Waals surface area contributed by atoms with E-state index in [9.17, 15) is 10.2 Å². The molecule has 1 aliphatic heterocycles. The number of ether oxygens (including phenoxy) is 1. The Hall–Kier alpha value is -0.240. The van der Waals surface area contributed by atoms with Crippen LogP contribution in [0.4, 0.5) is 0 Å². The topological polar surface area (TPSA) is 116 Å². The van der Waals surface area contributed by atoms with Crippen LogP contribution in [0.25, 0.3) is 0 Å². The maximum absolute atomic E-state index is 9.20. The summed E-state index contributed by atoms with van der Waals surface area (Å²) in [5, 5.41) is 36.1. The molecule has 6 heteroatoms. The van der Waals surface area contributed by atoms with E-state index in [4.69, 9.17) is 20.7 Å². The molecule has 1 rings (SSSR count). The minimum Gasteiger partial charge on any atom is -0.394 e. The van der Waals surface area contributed by atoms with Gasteiger partial charge in [-0.15, -0.1) is 0 Å². The summed E-state index contributed by atoms with van der Waals surface area (Å²) in [6, 6.07) is -1.04. The van der Waals surface area contributed by atoms with Crippen LogP contribution in [0.1, 0.15) is 0 Å². The van der Waals surface area contributed by atoms with Crippen molar-refractivity contribution in [3.8, 4) is 0 Å². The van der Waals surface area contributed by atoms with Crippen LogP contribution >= 0.6 is 0 Å². The van der Waals surface area contributed by atoms with Crippen LogP contribution in [0.5, 0.6) is 0 Å². The molecule has 6 nitrogen and oxygen atoms in total. The third-order valence-corrected chi connectivity index (χ3v) is 1.95. The van der Waals surface area contributed by atoms with Gasteiger partial charge in [-0.1, -0.05) is 0 Å². The van der Waals surface area contributed by atoms with E-state index in [2.05, 4.69) is 0 Å². The summed E-state index contributed by atoms with van der Waals surface area (Å²) >= 11 is 0. The quantitative estimate of drug-likeness (QED) is 0.288. The van der Waals surface area contributed by atoms with Crippen LogP contribution in [0.15, 0.2) is 0 Å². The largest absolute Gasteiger partial charge is 0.394 e. The average Bonchev–Trinajstić information content (AvgIpc) is 2.08. The second-order valence-corrected chi connectivity index (χ2v) is 2.81. The molecule has 1 saturated heterocycles. The lowest BCUT2D eigenvalue weighted by molar-refractivity contribution is -0.248. The highest BCUT2D eigenvalue weighted by atomic mass is 16.6. The number of rotatable bonds is 1. The number of hydrogen-bond acceptors (Lipinski definition) is 6. The summed E-state index contributed by atoms with van der Waals surface area (Å²) in [5.41, 5.74) is 5.26. The fourth-order valence-corrected chi connectivity index (χ4v) is 1.12. The zero-order valence-corrected chi connectivity index (χ0v) is 6.37. The van der Waals surface area contributed by atoms with Gasteiger partial charge in [0.15, 0.2) is 6.29 Å². The van der Waals surface area contributed by atoms with E-state index < -0.39 is 37.3 Å². The Morgan fingerprint density at radius 1 is 1.17 bits per heavy atom. The Balaban J connectivity index is 2.63. The molecule has 1 fully saturated rings. The van der Waals surface area contributed by atoms with Crippen molar-refractivity contribution < 1.29 is 25.2 Å². The normalized spacial score (nSPS) is 49.2. The van der Waals surface area contributed by atoms with Gasteiger partial charge in [0, 0.05) is 0 Å². The molecule has 1 heterocycles. The second-order valence-electron chi connectivity index (χ2n) is 2.81. The summed E-state index contributed by atoms with van der Waals surface area (Å²) in [7, 11) is 0. The van der Waals surface area contributed by atoms with Crippen molar-refractivity contribution in [2.75, 3.05) is 6.61 Å². The van der Waals surface area contributed by atoms with Gasteiger partial charge in [-0.2, -0.15) is 0 Å². The minimum absolute atomic E-state index is 0.470. The average molecular weight is 179 g/mol. The molecule has 72 valence electrons. The predicted octanol–water partition coefficient (Wildman–Crippen LogP) is -3.26. The highest BCUT2D eigenvalue weighted by Gasteiger charge is 2.41. The maximum Gasteiger partial charge on any atom is 0.173 e. The molecule has 12 heavy (non-hydrogen) atoms. The monoisotopic (exact) mass is 179 g/mol. The molecule has 0 amide bonds. The molecule has 0 unspecified atom stereocenters. The Bertz CT molecular complexity index is 150. The molecule has 0 aromatic rings. The number of hydrogen-bond donors (Lipinski definition) is 5. The Morgan fingerprint density at radius 3 is 2.25 bits per heavy atom. The van der Waals surface area contributed by atoms with Crippen LogP contribution in [0, 0.1) is 0 Å². The van der Waals surface area contributed by atoms with Crippen molar-refractivity contribution >= 4 is 0 Å². The summed E-state index contributed by atoms with van der Waals surface area (Å²) in [6.45, 7) is -0.470. The molecule has 0 aromatic carbocycles. The summed E-state index contributed by atoms with van der Waals surface area (Å²) in [4.78, 5) is 0. The standard InChI is InChI=1S/C6H13NO5/c7-3-5(10)4(9)2(1-8)12-6(3)11/h2-6,8-11H,1,7H2/t2-,3+,4+,5+,6-/m0/s1. The molecule has 0 radical (unpaired) electrons. The highest BCUT2D eigenvalue weighted by molar-refractivity contribution is 4.90. The van der Waals surface area contributed by atoms with Gasteiger partial charge in [-0.3, -0.25) is 0 Å². The first-order chi connectivity index (χ1) is 5.57. The van der Waals surface area contributed by atoms with Crippen molar-refractivity contribution in [1.82, 2.24) is 0 Å². The number of nitrogens with two attached hydrogens (primary N) is 1. The van der Waals surface area contributed by atoms with Crippen LogP contribution in [0.2, 0.25) is 0 Å². The molecule has 1 aliphatic rings. The van der Waals surface area contributed by atoms with Gasteiger partial charge in [0.25, 0.3) is 0 Å². The molecular formula is C6H13NO5. The summed E-state index contributed by atoms with van der Waals surface area (Å²) in [5.74, 6) is 0. The third kappa shape index (κ3) is 1.58. The van der Waals surface area contributed by atoms with Crippen molar-refractivity contribution in [2.45, 2.75) is 30.6 Å². The fourth-order valence-electron chi connectivity index (χ4n) is 1.12. The van der Waals surface area contributed by atoms with Crippen molar-refractivity contribution in [1.29, 1.82) is 0 Å². The van der Waals surface area contributed by atoms with Gasteiger partial charge in [0.1, 0.15) is 18.3 Å². The molecule has 0 aromatic heterocycles. The zero-order chi connectivity index (χ0) is 9.30. The van der Waals surface area contributed by atoms with Crippen LogP contribution in [-0.4, -0.2) is 57.7 Å². The van der Waals surface area contributed by atoms with Gasteiger partial charge in [-0.05, 0) is 0 Å². The van der Waals surface area contributed by atoms with E-state index in [1.165, 1.54) is 0 Å². The first kappa shape index (κ1) is 9.85. The van der Waals surface area contributed by atoms with E-state index >= 15 is 0 Å². The molecule has 0 aliphatic carbocycles. The lowest BCUT2D eigenvalue weighted by atomic mass is 9.98. The van der Waals surface area contributed by atoms with Crippen LogP contribution in [0.3, 0.4) is 0 Å². The molecule has 0 spiro atoms. The maximum atomic E-state index is 9.20. The van der Waals surface area contributed by atoms with Gasteiger partial charge >= 0.3 is 0 Å². The Kier molecular flexibility index (Phi) is 2.99. The first-order valence-corrected chi connectivity index (χ1v) is 3.64. The van der Waals surface area contributed by atoms with Gasteiger partial charge in [-0.25, -0.2) is 0 Å². The van der Waals surface area contributed by atoms with E-state index in [-0.39, 0.29) is 0 Å². The van der Waals surface area contributed by atoms with E-state index in [1.807, 2.05) is 0 Å². The number of aliphatic hydroxyl groups excluding tert-OH is 4. The molecular weight excluding hydrogens is 166 g/mol. The fraction of sp³-hybridized carbons (Fsp3) is 1.00. The Labute approximate surface area is 69.2 Å². The van der Waals surface area contributed by atoms with E-state index in [1.54, 1.807) is 0 Å². The van der Waals surface area contributed by atoms with Gasteiger partial charge in [0.2, 0.25) is 0 Å². The van der Waals surface area contributed by atoms with Gasteiger partial charge < -0.3 is 30.9 Å². The second kappa shape index (κ2) is 3.65. The van der Waals surface area contributed by atoms with Crippen molar-refractivity contribution in [3.63, 3.8) is 0 Å².